The Kier molecular flexibility index (Phi) is 2.95. The summed E-state index contributed by atoms with van der Waals surface area (Å²) in [5, 5.41) is 13.4. The monoisotopic (exact) mass is 230 g/mol. The normalized spacial score (nSPS) is 10.5. The fraction of sp³-hybridized carbons (Fsp3) is 0.231. The highest BCUT2D eigenvalue weighted by Gasteiger charge is 2.14. The molecule has 2 rings (SSSR count). The molecule has 17 heavy (non-hydrogen) atoms. The largest absolute Gasteiger partial charge is 0.478 e. The Bertz CT molecular complexity index is 558. The van der Waals surface area contributed by atoms with Crippen LogP contribution >= 0.6 is 0 Å². The van der Waals surface area contributed by atoms with Gasteiger partial charge >= 0.3 is 5.97 Å². The minimum Gasteiger partial charge on any atom is -0.478 e. The Balaban J connectivity index is 2.65. The number of hydrogen-bond acceptors (Lipinski definition) is 2. The SMILES string of the molecule is CCn1nccc1-c1cc(C)ccc1C(=O)O. The van der Waals surface area contributed by atoms with E-state index in [0.717, 1.165) is 23.4 Å². The number of rotatable bonds is 3. The molecule has 0 saturated heterocycles. The first-order valence-electron chi connectivity index (χ1n) is 5.49. The molecule has 0 fully saturated rings. The predicted octanol–water partition coefficient (Wildman–Crippen LogP) is 2.58. The van der Waals surface area contributed by atoms with Gasteiger partial charge in [-0.3, -0.25) is 4.68 Å². The number of carboxylic acid groups (broad SMARTS) is 1. The van der Waals surface area contributed by atoms with Crippen LogP contribution < -0.4 is 0 Å². The summed E-state index contributed by atoms with van der Waals surface area (Å²) in [6.45, 7) is 4.64. The van der Waals surface area contributed by atoms with E-state index in [1.807, 2.05) is 26.0 Å². The summed E-state index contributed by atoms with van der Waals surface area (Å²) in [7, 11) is 0. The summed E-state index contributed by atoms with van der Waals surface area (Å²) >= 11 is 0. The van der Waals surface area contributed by atoms with Gasteiger partial charge < -0.3 is 5.11 Å². The molecule has 1 N–H and O–H groups in total. The van der Waals surface area contributed by atoms with Crippen LogP contribution in [0.1, 0.15) is 22.8 Å². The molecular weight excluding hydrogens is 216 g/mol. The Morgan fingerprint density at radius 2 is 2.18 bits per heavy atom. The highest BCUT2D eigenvalue weighted by molar-refractivity contribution is 5.95. The molecule has 4 nitrogen and oxygen atoms in total. The van der Waals surface area contributed by atoms with Gasteiger partial charge in [-0.1, -0.05) is 11.6 Å². The van der Waals surface area contributed by atoms with E-state index in [9.17, 15) is 9.90 Å². The van der Waals surface area contributed by atoms with Crippen LogP contribution in [0, 0.1) is 6.92 Å². The molecule has 2 aromatic rings. The molecule has 0 aliphatic rings. The van der Waals surface area contributed by atoms with Crippen LogP contribution in [0.2, 0.25) is 0 Å². The van der Waals surface area contributed by atoms with Gasteiger partial charge in [-0.05, 0) is 32.0 Å². The van der Waals surface area contributed by atoms with Crippen LogP contribution in [0.5, 0.6) is 0 Å². The van der Waals surface area contributed by atoms with E-state index in [1.165, 1.54) is 0 Å². The highest BCUT2D eigenvalue weighted by Crippen LogP contribution is 2.24. The molecule has 0 aliphatic heterocycles. The van der Waals surface area contributed by atoms with Gasteiger partial charge in [0.2, 0.25) is 0 Å². The lowest BCUT2D eigenvalue weighted by molar-refractivity contribution is 0.0697. The number of aryl methyl sites for hydroxylation is 2. The second kappa shape index (κ2) is 4.41. The van der Waals surface area contributed by atoms with Crippen molar-refractivity contribution >= 4 is 5.97 Å². The molecule has 0 bridgehead atoms. The third kappa shape index (κ3) is 2.06. The number of aromatic nitrogens is 2. The Morgan fingerprint density at radius 3 is 2.82 bits per heavy atom. The van der Waals surface area contributed by atoms with Crippen LogP contribution in [-0.2, 0) is 6.54 Å². The van der Waals surface area contributed by atoms with E-state index in [1.54, 1.807) is 23.0 Å². The van der Waals surface area contributed by atoms with Crippen molar-refractivity contribution in [2.24, 2.45) is 0 Å². The average Bonchev–Trinajstić information content (AvgIpc) is 2.76. The number of hydrogen-bond donors (Lipinski definition) is 1. The maximum absolute atomic E-state index is 11.2. The third-order valence-corrected chi connectivity index (χ3v) is 2.70. The van der Waals surface area contributed by atoms with Gasteiger partial charge in [0, 0.05) is 18.3 Å². The molecule has 4 heteroatoms. The van der Waals surface area contributed by atoms with Gasteiger partial charge in [0.15, 0.2) is 0 Å². The first kappa shape index (κ1) is 11.4. The van der Waals surface area contributed by atoms with Gasteiger partial charge in [-0.25, -0.2) is 4.79 Å². The number of aromatic carboxylic acids is 1. The lowest BCUT2D eigenvalue weighted by Gasteiger charge is -2.09. The smallest absolute Gasteiger partial charge is 0.336 e. The number of carboxylic acids is 1. The molecule has 88 valence electrons. The lowest BCUT2D eigenvalue weighted by Crippen LogP contribution is -2.04. The molecule has 1 aromatic heterocycles. The fourth-order valence-corrected chi connectivity index (χ4v) is 1.87. The summed E-state index contributed by atoms with van der Waals surface area (Å²) in [6, 6.07) is 7.16. The molecular formula is C13H14N2O2. The van der Waals surface area contributed by atoms with E-state index in [2.05, 4.69) is 5.10 Å². The summed E-state index contributed by atoms with van der Waals surface area (Å²) < 4.78 is 1.79. The third-order valence-electron chi connectivity index (χ3n) is 2.70. The molecule has 0 saturated carbocycles. The second-order valence-corrected chi connectivity index (χ2v) is 3.89. The van der Waals surface area contributed by atoms with Gasteiger partial charge in [0.05, 0.1) is 11.3 Å². The topological polar surface area (TPSA) is 55.1 Å². The van der Waals surface area contributed by atoms with Crippen molar-refractivity contribution in [2.75, 3.05) is 0 Å². The maximum atomic E-state index is 11.2. The molecule has 0 aliphatic carbocycles. The van der Waals surface area contributed by atoms with E-state index in [0.29, 0.717) is 5.56 Å². The Labute approximate surface area is 99.5 Å². The van der Waals surface area contributed by atoms with Crippen molar-refractivity contribution in [3.05, 3.63) is 41.6 Å². The van der Waals surface area contributed by atoms with Gasteiger partial charge in [0.1, 0.15) is 0 Å². The Morgan fingerprint density at radius 1 is 1.41 bits per heavy atom. The lowest BCUT2D eigenvalue weighted by atomic mass is 10.0. The minimum absolute atomic E-state index is 0.311. The van der Waals surface area contributed by atoms with Gasteiger partial charge in [-0.2, -0.15) is 5.10 Å². The molecule has 0 amide bonds. The zero-order valence-corrected chi connectivity index (χ0v) is 9.84. The predicted molar refractivity (Wildman–Crippen MR) is 65.0 cm³/mol. The Hall–Kier alpha value is -2.10. The molecule has 0 unspecified atom stereocenters. The quantitative estimate of drug-likeness (QED) is 0.881. The first-order chi connectivity index (χ1) is 8.13. The molecule has 0 spiro atoms. The minimum atomic E-state index is -0.913. The fourth-order valence-electron chi connectivity index (χ4n) is 1.87. The number of carbonyl (C=O) groups is 1. The van der Waals surface area contributed by atoms with E-state index >= 15 is 0 Å². The maximum Gasteiger partial charge on any atom is 0.336 e. The summed E-state index contributed by atoms with van der Waals surface area (Å²) in [5.41, 5.74) is 2.91. The van der Waals surface area contributed by atoms with E-state index in [4.69, 9.17) is 0 Å². The van der Waals surface area contributed by atoms with E-state index < -0.39 is 5.97 Å². The molecule has 0 atom stereocenters. The summed E-state index contributed by atoms with van der Waals surface area (Å²) in [6.07, 6.45) is 1.69. The van der Waals surface area contributed by atoms with Gasteiger partial charge in [-0.15, -0.1) is 0 Å². The summed E-state index contributed by atoms with van der Waals surface area (Å²) in [4.78, 5) is 11.2. The standard InChI is InChI=1S/C13H14N2O2/c1-3-15-12(6-7-14-15)11-8-9(2)4-5-10(11)13(16)17/h4-8H,3H2,1-2H3,(H,16,17). The van der Waals surface area contributed by atoms with Gasteiger partial charge in [0.25, 0.3) is 0 Å². The van der Waals surface area contributed by atoms with Crippen LogP contribution in [0.3, 0.4) is 0 Å². The van der Waals surface area contributed by atoms with Crippen LogP contribution in [0.15, 0.2) is 30.5 Å². The average molecular weight is 230 g/mol. The van der Waals surface area contributed by atoms with Crippen LogP contribution in [0.25, 0.3) is 11.3 Å². The molecule has 0 radical (unpaired) electrons. The second-order valence-electron chi connectivity index (χ2n) is 3.89. The van der Waals surface area contributed by atoms with Crippen molar-refractivity contribution in [1.82, 2.24) is 9.78 Å². The zero-order chi connectivity index (χ0) is 12.4. The van der Waals surface area contributed by atoms with Crippen molar-refractivity contribution < 1.29 is 9.90 Å². The van der Waals surface area contributed by atoms with Crippen molar-refractivity contribution in [2.45, 2.75) is 20.4 Å². The zero-order valence-electron chi connectivity index (χ0n) is 9.84. The molecule has 1 aromatic carbocycles. The molecule has 1 heterocycles. The first-order valence-corrected chi connectivity index (χ1v) is 5.49. The van der Waals surface area contributed by atoms with Crippen molar-refractivity contribution in [3.63, 3.8) is 0 Å². The highest BCUT2D eigenvalue weighted by atomic mass is 16.4. The van der Waals surface area contributed by atoms with Crippen molar-refractivity contribution in [1.29, 1.82) is 0 Å². The van der Waals surface area contributed by atoms with Crippen molar-refractivity contribution in [3.8, 4) is 11.3 Å². The van der Waals surface area contributed by atoms with Crippen LogP contribution in [-0.4, -0.2) is 20.9 Å². The van der Waals surface area contributed by atoms with Crippen LogP contribution in [0.4, 0.5) is 0 Å². The van der Waals surface area contributed by atoms with E-state index in [-0.39, 0.29) is 0 Å². The summed E-state index contributed by atoms with van der Waals surface area (Å²) in [5.74, 6) is -0.913. The number of nitrogens with zero attached hydrogens (tertiary/aromatic N) is 2. The number of benzene rings is 1.